The maximum Gasteiger partial charge on any atom is 0.0106 e. The van der Waals surface area contributed by atoms with Crippen LogP contribution in [0, 0.1) is 6.92 Å². The first-order valence-corrected chi connectivity index (χ1v) is 5.63. The minimum atomic E-state index is 0.723. The fraction of sp³-hybridized carbons (Fsp3) is 0.636. The number of hydrogen-bond acceptors (Lipinski definition) is 1. The molecule has 0 amide bonds. The van der Waals surface area contributed by atoms with E-state index in [9.17, 15) is 0 Å². The van der Waals surface area contributed by atoms with Gasteiger partial charge in [-0.15, -0.1) is 11.3 Å². The molecule has 1 heterocycles. The lowest BCUT2D eigenvalue weighted by molar-refractivity contribution is 0.867. The van der Waals surface area contributed by atoms with E-state index in [1.54, 1.807) is 20.9 Å². The van der Waals surface area contributed by atoms with Crippen molar-refractivity contribution in [3.8, 4) is 0 Å². The fourth-order valence-corrected chi connectivity index (χ4v) is 3.54. The van der Waals surface area contributed by atoms with Crippen LogP contribution in [-0.2, 0) is 12.8 Å². The first kappa shape index (κ1) is 8.31. The third kappa shape index (κ3) is 1.11. The molecule has 1 aliphatic rings. The topological polar surface area (TPSA) is 0 Å². The lowest BCUT2D eigenvalue weighted by Crippen LogP contribution is -1.87. The summed E-state index contributed by atoms with van der Waals surface area (Å²) in [6, 6.07) is 0. The summed E-state index contributed by atoms with van der Waals surface area (Å²) in [5.41, 5.74) is 3.28. The van der Waals surface area contributed by atoms with Gasteiger partial charge in [-0.3, -0.25) is 0 Å². The van der Waals surface area contributed by atoms with Crippen molar-refractivity contribution in [3.05, 3.63) is 20.9 Å². The zero-order valence-corrected chi connectivity index (χ0v) is 8.92. The van der Waals surface area contributed by atoms with Crippen LogP contribution in [0.15, 0.2) is 0 Å². The number of thiophene rings is 1. The Labute approximate surface area is 78.6 Å². The molecule has 1 heteroatoms. The van der Waals surface area contributed by atoms with E-state index in [-0.39, 0.29) is 0 Å². The zero-order chi connectivity index (χ0) is 8.72. The van der Waals surface area contributed by atoms with E-state index in [2.05, 4.69) is 32.1 Å². The minimum absolute atomic E-state index is 0.723. The van der Waals surface area contributed by atoms with Gasteiger partial charge in [-0.2, -0.15) is 0 Å². The molecular weight excluding hydrogens is 164 g/mol. The average molecular weight is 180 g/mol. The van der Waals surface area contributed by atoms with Gasteiger partial charge in [0.05, 0.1) is 0 Å². The van der Waals surface area contributed by atoms with Crippen LogP contribution >= 0.6 is 11.3 Å². The van der Waals surface area contributed by atoms with Gasteiger partial charge < -0.3 is 0 Å². The first-order chi connectivity index (χ1) is 5.70. The summed E-state index contributed by atoms with van der Waals surface area (Å²) in [5, 5.41) is 0. The monoisotopic (exact) mass is 180 g/mol. The quantitative estimate of drug-likeness (QED) is 0.618. The minimum Gasteiger partial charge on any atom is -0.145 e. The second-order valence-corrected chi connectivity index (χ2v) is 5.14. The highest BCUT2D eigenvalue weighted by Gasteiger charge is 2.20. The smallest absolute Gasteiger partial charge is 0.0106 e. The Bertz CT molecular complexity index is 294. The lowest BCUT2D eigenvalue weighted by atomic mass is 10.0. The predicted molar refractivity (Wildman–Crippen MR) is 55.2 cm³/mol. The molecule has 0 saturated heterocycles. The Morgan fingerprint density at radius 3 is 2.58 bits per heavy atom. The van der Waals surface area contributed by atoms with E-state index < -0.39 is 0 Å². The van der Waals surface area contributed by atoms with Crippen LogP contribution in [-0.4, -0.2) is 0 Å². The summed E-state index contributed by atoms with van der Waals surface area (Å²) in [4.78, 5) is 3.30. The molecule has 0 radical (unpaired) electrons. The van der Waals surface area contributed by atoms with Crippen molar-refractivity contribution in [3.63, 3.8) is 0 Å². The number of fused-ring (bicyclic) bond motifs is 1. The van der Waals surface area contributed by atoms with Gasteiger partial charge in [0.1, 0.15) is 0 Å². The largest absolute Gasteiger partial charge is 0.145 e. The Morgan fingerprint density at radius 1 is 1.25 bits per heavy atom. The van der Waals surface area contributed by atoms with E-state index >= 15 is 0 Å². The van der Waals surface area contributed by atoms with E-state index in [4.69, 9.17) is 0 Å². The van der Waals surface area contributed by atoms with Crippen LogP contribution in [0.5, 0.6) is 0 Å². The molecule has 1 aliphatic carbocycles. The second-order valence-electron chi connectivity index (χ2n) is 4.00. The van der Waals surface area contributed by atoms with Crippen molar-refractivity contribution in [2.45, 2.75) is 46.0 Å². The van der Waals surface area contributed by atoms with Crippen molar-refractivity contribution in [1.82, 2.24) is 0 Å². The fourth-order valence-electron chi connectivity index (χ4n) is 2.13. The number of hydrogen-bond donors (Lipinski definition) is 0. The maximum atomic E-state index is 2.30. The van der Waals surface area contributed by atoms with Crippen LogP contribution < -0.4 is 0 Å². The summed E-state index contributed by atoms with van der Waals surface area (Å²) in [6.07, 6.45) is 4.07. The third-order valence-corrected chi connectivity index (χ3v) is 4.44. The molecule has 0 fully saturated rings. The summed E-state index contributed by atoms with van der Waals surface area (Å²) < 4.78 is 0. The molecule has 66 valence electrons. The summed E-state index contributed by atoms with van der Waals surface area (Å²) in [7, 11) is 0. The first-order valence-electron chi connectivity index (χ1n) is 4.81. The predicted octanol–water partition coefficient (Wildman–Crippen LogP) is 3.67. The van der Waals surface area contributed by atoms with E-state index in [1.807, 2.05) is 0 Å². The van der Waals surface area contributed by atoms with Crippen molar-refractivity contribution in [2.75, 3.05) is 0 Å². The second kappa shape index (κ2) is 2.88. The average Bonchev–Trinajstić information content (AvgIpc) is 2.53. The van der Waals surface area contributed by atoms with Gasteiger partial charge in [0, 0.05) is 9.75 Å². The molecule has 0 N–H and O–H groups in total. The highest BCUT2D eigenvalue weighted by atomic mass is 32.1. The maximum absolute atomic E-state index is 2.30. The molecule has 0 atom stereocenters. The Morgan fingerprint density at radius 2 is 2.00 bits per heavy atom. The van der Waals surface area contributed by atoms with Crippen molar-refractivity contribution in [1.29, 1.82) is 0 Å². The van der Waals surface area contributed by atoms with Crippen molar-refractivity contribution < 1.29 is 0 Å². The molecule has 0 nitrogen and oxygen atoms in total. The Balaban J connectivity index is 2.47. The molecule has 0 unspecified atom stereocenters. The Hall–Kier alpha value is -0.300. The Kier molecular flexibility index (Phi) is 1.99. The molecular formula is C11H16S. The molecule has 0 bridgehead atoms. The van der Waals surface area contributed by atoms with Crippen LogP contribution in [0.4, 0.5) is 0 Å². The van der Waals surface area contributed by atoms with Crippen molar-refractivity contribution in [2.24, 2.45) is 0 Å². The summed E-state index contributed by atoms with van der Waals surface area (Å²) >= 11 is 2.06. The third-order valence-electron chi connectivity index (χ3n) is 2.75. The molecule has 0 saturated carbocycles. The van der Waals surface area contributed by atoms with E-state index in [0.29, 0.717) is 0 Å². The van der Waals surface area contributed by atoms with E-state index in [0.717, 1.165) is 5.92 Å². The summed E-state index contributed by atoms with van der Waals surface area (Å²) in [6.45, 7) is 6.90. The molecule has 0 aromatic carbocycles. The SMILES string of the molecule is Cc1c(C(C)C)sc2c1CCC2. The lowest BCUT2D eigenvalue weighted by Gasteiger charge is -2.03. The molecule has 0 aliphatic heterocycles. The van der Waals surface area contributed by atoms with Gasteiger partial charge in [0.15, 0.2) is 0 Å². The summed E-state index contributed by atoms with van der Waals surface area (Å²) in [5.74, 6) is 0.723. The number of aryl methyl sites for hydroxylation is 1. The van der Waals surface area contributed by atoms with Crippen LogP contribution in [0.3, 0.4) is 0 Å². The standard InChI is InChI=1S/C11H16S/c1-7(2)11-8(3)9-5-4-6-10(9)12-11/h7H,4-6H2,1-3H3. The van der Waals surface area contributed by atoms with Gasteiger partial charge in [0.2, 0.25) is 0 Å². The van der Waals surface area contributed by atoms with Gasteiger partial charge >= 0.3 is 0 Å². The molecule has 2 rings (SSSR count). The zero-order valence-electron chi connectivity index (χ0n) is 8.11. The van der Waals surface area contributed by atoms with Gasteiger partial charge in [-0.05, 0) is 43.2 Å². The molecule has 1 aromatic heterocycles. The van der Waals surface area contributed by atoms with E-state index in [1.165, 1.54) is 19.3 Å². The normalized spacial score (nSPS) is 15.7. The number of rotatable bonds is 1. The highest BCUT2D eigenvalue weighted by molar-refractivity contribution is 7.12. The highest BCUT2D eigenvalue weighted by Crippen LogP contribution is 2.38. The molecule has 1 aromatic rings. The molecule has 0 spiro atoms. The van der Waals surface area contributed by atoms with Gasteiger partial charge in [0.25, 0.3) is 0 Å². The van der Waals surface area contributed by atoms with Gasteiger partial charge in [-0.25, -0.2) is 0 Å². The van der Waals surface area contributed by atoms with Crippen LogP contribution in [0.1, 0.15) is 47.1 Å². The van der Waals surface area contributed by atoms with Crippen LogP contribution in [0.25, 0.3) is 0 Å². The van der Waals surface area contributed by atoms with Gasteiger partial charge in [-0.1, -0.05) is 13.8 Å². The molecule has 12 heavy (non-hydrogen) atoms. The van der Waals surface area contributed by atoms with Crippen LogP contribution in [0.2, 0.25) is 0 Å². The van der Waals surface area contributed by atoms with Crippen molar-refractivity contribution >= 4 is 11.3 Å².